The molecule has 4 aromatic rings. The number of methoxy groups -OCH3 is 1. The van der Waals surface area contributed by atoms with E-state index in [9.17, 15) is 14.7 Å². The number of aryl methyl sites for hydroxylation is 1. The summed E-state index contributed by atoms with van der Waals surface area (Å²) >= 11 is 2.77. The minimum Gasteiger partial charge on any atom is -0.507 e. The van der Waals surface area contributed by atoms with Crippen molar-refractivity contribution in [1.82, 2.24) is 4.98 Å². The molecule has 1 atom stereocenters. The highest BCUT2D eigenvalue weighted by molar-refractivity contribution is 7.22. The number of rotatable bonds is 4. The van der Waals surface area contributed by atoms with Gasteiger partial charge in [-0.15, -0.1) is 11.3 Å². The van der Waals surface area contributed by atoms with E-state index >= 15 is 0 Å². The van der Waals surface area contributed by atoms with Gasteiger partial charge in [-0.2, -0.15) is 0 Å². The van der Waals surface area contributed by atoms with Crippen molar-refractivity contribution in [3.63, 3.8) is 0 Å². The Bertz CT molecular complexity index is 1390. The molecule has 1 aliphatic rings. The van der Waals surface area contributed by atoms with Crippen molar-refractivity contribution in [2.75, 3.05) is 12.0 Å². The minimum absolute atomic E-state index is 0.0427. The zero-order valence-corrected chi connectivity index (χ0v) is 18.9. The number of thiophene rings is 1. The number of aliphatic hydroxyl groups excluding tert-OH is 1. The molecule has 6 nitrogen and oxygen atoms in total. The molecule has 1 fully saturated rings. The summed E-state index contributed by atoms with van der Waals surface area (Å²) in [5.41, 5.74) is 2.29. The monoisotopic (exact) mass is 462 g/mol. The summed E-state index contributed by atoms with van der Waals surface area (Å²) in [6.45, 7) is 1.99. The number of nitrogens with zero attached hydrogens (tertiary/aromatic N) is 2. The number of amides is 1. The minimum atomic E-state index is -0.761. The van der Waals surface area contributed by atoms with Crippen LogP contribution in [-0.4, -0.2) is 28.9 Å². The van der Waals surface area contributed by atoms with Crippen LogP contribution < -0.4 is 9.64 Å². The molecule has 2 aromatic heterocycles. The molecule has 0 saturated carbocycles. The van der Waals surface area contributed by atoms with Crippen molar-refractivity contribution in [1.29, 1.82) is 0 Å². The quantitative estimate of drug-likeness (QED) is 0.253. The molecule has 1 N–H and O–H groups in total. The number of carbonyl (C=O) groups is 2. The summed E-state index contributed by atoms with van der Waals surface area (Å²) < 4.78 is 6.18. The highest BCUT2D eigenvalue weighted by Crippen LogP contribution is 2.45. The number of anilines is 1. The predicted octanol–water partition coefficient (Wildman–Crippen LogP) is 5.30. The molecule has 1 amide bonds. The van der Waals surface area contributed by atoms with Crippen LogP contribution in [0.15, 0.2) is 65.6 Å². The zero-order valence-electron chi connectivity index (χ0n) is 17.2. The number of hydrogen-bond acceptors (Lipinski definition) is 7. The van der Waals surface area contributed by atoms with Gasteiger partial charge < -0.3 is 9.84 Å². The molecule has 0 spiro atoms. The van der Waals surface area contributed by atoms with Crippen LogP contribution in [0.3, 0.4) is 0 Å². The number of aliphatic hydroxyl groups is 1. The van der Waals surface area contributed by atoms with Gasteiger partial charge in [0.05, 0.1) is 22.9 Å². The fourth-order valence-electron chi connectivity index (χ4n) is 3.79. The predicted molar refractivity (Wildman–Crippen MR) is 126 cm³/mol. The first-order valence-corrected chi connectivity index (χ1v) is 11.5. The van der Waals surface area contributed by atoms with Gasteiger partial charge in [0.2, 0.25) is 0 Å². The van der Waals surface area contributed by atoms with Crippen LogP contribution in [0.1, 0.15) is 22.0 Å². The second-order valence-corrected chi connectivity index (χ2v) is 9.37. The smallest absolute Gasteiger partial charge is 0.301 e. The van der Waals surface area contributed by atoms with Crippen LogP contribution in [-0.2, 0) is 9.59 Å². The number of aromatic nitrogens is 1. The van der Waals surface area contributed by atoms with Gasteiger partial charge in [-0.25, -0.2) is 4.98 Å². The van der Waals surface area contributed by atoms with Gasteiger partial charge in [0.15, 0.2) is 5.13 Å². The van der Waals surface area contributed by atoms with E-state index in [2.05, 4.69) is 4.98 Å². The van der Waals surface area contributed by atoms with Crippen molar-refractivity contribution in [2.45, 2.75) is 13.0 Å². The molecule has 0 aliphatic carbocycles. The lowest BCUT2D eigenvalue weighted by molar-refractivity contribution is -0.132. The van der Waals surface area contributed by atoms with E-state index in [-0.39, 0.29) is 11.3 Å². The van der Waals surface area contributed by atoms with Crippen molar-refractivity contribution >= 4 is 55.5 Å². The lowest BCUT2D eigenvalue weighted by Crippen LogP contribution is -2.28. The van der Waals surface area contributed by atoms with E-state index in [1.807, 2.05) is 42.6 Å². The molecular weight excluding hydrogens is 444 g/mol. The fraction of sp³-hybridized carbons (Fsp3) is 0.125. The third-order valence-corrected chi connectivity index (χ3v) is 7.28. The average molecular weight is 463 g/mol. The Morgan fingerprint density at radius 2 is 1.97 bits per heavy atom. The SMILES string of the molecule is COc1cccc(/C(O)=C2\C(=O)C(=O)N(c3nc4ccc(C)cc4s3)[C@@H]2c2cccs2)c1. The zero-order chi connectivity index (χ0) is 22.4. The van der Waals surface area contributed by atoms with Crippen molar-refractivity contribution in [3.05, 3.63) is 81.6 Å². The van der Waals surface area contributed by atoms with Gasteiger partial charge in [-0.3, -0.25) is 14.5 Å². The first-order valence-electron chi connectivity index (χ1n) is 9.84. The maximum atomic E-state index is 13.2. The second-order valence-electron chi connectivity index (χ2n) is 7.38. The molecule has 0 unspecified atom stereocenters. The van der Waals surface area contributed by atoms with Gasteiger partial charge >= 0.3 is 5.91 Å². The van der Waals surface area contributed by atoms with Gasteiger partial charge in [0.25, 0.3) is 5.78 Å². The second kappa shape index (κ2) is 7.89. The molecule has 3 heterocycles. The maximum Gasteiger partial charge on any atom is 0.301 e. The number of carbonyl (C=O) groups excluding carboxylic acids is 2. The van der Waals surface area contributed by atoms with Crippen LogP contribution in [0.5, 0.6) is 5.75 Å². The van der Waals surface area contributed by atoms with Gasteiger partial charge in [0, 0.05) is 10.4 Å². The van der Waals surface area contributed by atoms with E-state index in [4.69, 9.17) is 4.74 Å². The summed E-state index contributed by atoms with van der Waals surface area (Å²) in [5, 5.41) is 13.5. The van der Waals surface area contributed by atoms with Crippen molar-refractivity contribution in [3.8, 4) is 5.75 Å². The number of fused-ring (bicyclic) bond motifs is 1. The highest BCUT2D eigenvalue weighted by Gasteiger charge is 2.48. The fourth-order valence-corrected chi connectivity index (χ4v) is 5.71. The van der Waals surface area contributed by atoms with Gasteiger partial charge in [-0.05, 0) is 48.2 Å². The number of ketones is 1. The van der Waals surface area contributed by atoms with Crippen LogP contribution in [0.4, 0.5) is 5.13 Å². The lowest BCUT2D eigenvalue weighted by atomic mass is 10.00. The largest absolute Gasteiger partial charge is 0.507 e. The normalized spacial score (nSPS) is 17.9. The van der Waals surface area contributed by atoms with Crippen LogP contribution in [0, 0.1) is 6.92 Å². The average Bonchev–Trinajstić information content (AvgIpc) is 3.52. The van der Waals surface area contributed by atoms with Crippen molar-refractivity contribution in [2.24, 2.45) is 0 Å². The third-order valence-electron chi connectivity index (χ3n) is 5.34. The number of thiazole rings is 1. The molecule has 1 saturated heterocycles. The molecule has 5 rings (SSSR count). The number of benzene rings is 2. The summed E-state index contributed by atoms with van der Waals surface area (Å²) in [6, 6.07) is 15.6. The molecule has 2 aromatic carbocycles. The van der Waals surface area contributed by atoms with E-state index < -0.39 is 17.7 Å². The Morgan fingerprint density at radius 3 is 2.72 bits per heavy atom. The maximum absolute atomic E-state index is 13.2. The number of ether oxygens (including phenoxy) is 1. The third kappa shape index (κ3) is 3.28. The molecule has 1 aliphatic heterocycles. The van der Waals surface area contributed by atoms with Crippen LogP contribution in [0.25, 0.3) is 16.0 Å². The standard InChI is InChI=1S/C24H18N2O4S2/c1-13-8-9-16-18(11-13)32-24(25-16)26-20(17-7-4-10-31-17)19(22(28)23(26)29)21(27)14-5-3-6-15(12-14)30-2/h3-12,20,27H,1-2H3/b21-19+/t20-/m1/s1. The molecule has 0 radical (unpaired) electrons. The number of Topliss-reactive ketones (excluding diaryl/α,β-unsaturated/α-hetero) is 1. The Morgan fingerprint density at radius 1 is 1.12 bits per heavy atom. The summed E-state index contributed by atoms with van der Waals surface area (Å²) in [4.78, 5) is 33.2. The molecule has 160 valence electrons. The van der Waals surface area contributed by atoms with Crippen LogP contribution in [0.2, 0.25) is 0 Å². The Hall–Kier alpha value is -3.49. The molecular formula is C24H18N2O4S2. The summed E-state index contributed by atoms with van der Waals surface area (Å²) in [6.07, 6.45) is 0. The first kappa shape index (κ1) is 20.4. The number of hydrogen-bond donors (Lipinski definition) is 1. The van der Waals surface area contributed by atoms with Gasteiger partial charge in [-0.1, -0.05) is 35.6 Å². The van der Waals surface area contributed by atoms with Crippen LogP contribution >= 0.6 is 22.7 Å². The van der Waals surface area contributed by atoms with E-state index in [0.29, 0.717) is 16.4 Å². The van der Waals surface area contributed by atoms with E-state index in [1.165, 1.54) is 34.7 Å². The Kier molecular flexibility index (Phi) is 5.03. The molecule has 8 heteroatoms. The van der Waals surface area contributed by atoms with Gasteiger partial charge in [0.1, 0.15) is 17.6 Å². The van der Waals surface area contributed by atoms with Crippen molar-refractivity contribution < 1.29 is 19.4 Å². The van der Waals surface area contributed by atoms with E-state index in [0.717, 1.165) is 20.7 Å². The molecule has 32 heavy (non-hydrogen) atoms. The highest BCUT2D eigenvalue weighted by atomic mass is 32.1. The van der Waals surface area contributed by atoms with E-state index in [1.54, 1.807) is 24.3 Å². The summed E-state index contributed by atoms with van der Waals surface area (Å²) in [7, 11) is 1.53. The first-order chi connectivity index (χ1) is 15.5. The lowest BCUT2D eigenvalue weighted by Gasteiger charge is -2.21. The Labute approximate surface area is 192 Å². The summed E-state index contributed by atoms with van der Waals surface area (Å²) in [5.74, 6) is -1.14. The Balaban J connectivity index is 1.71. The molecule has 0 bridgehead atoms. The topological polar surface area (TPSA) is 79.7 Å².